The molecule has 0 radical (unpaired) electrons. The average molecular weight is 265 g/mol. The van der Waals surface area contributed by atoms with Crippen molar-refractivity contribution in [3.05, 3.63) is 66.7 Å². The van der Waals surface area contributed by atoms with Crippen LogP contribution in [0.1, 0.15) is 0 Å². The van der Waals surface area contributed by atoms with Gasteiger partial charge >= 0.3 is 0 Å². The number of anilines is 1. The second kappa shape index (κ2) is 5.09. The molecule has 3 aromatic rings. The molecule has 0 atom stereocenters. The average Bonchev–Trinajstić information content (AvgIpc) is 2.49. The van der Waals surface area contributed by atoms with Crippen LogP contribution in [0.3, 0.4) is 0 Å². The van der Waals surface area contributed by atoms with Crippen molar-refractivity contribution in [1.82, 2.24) is 9.97 Å². The van der Waals surface area contributed by atoms with Crippen molar-refractivity contribution in [2.45, 2.75) is 0 Å². The normalized spacial score (nSPS) is 10.4. The van der Waals surface area contributed by atoms with Crippen LogP contribution in [0.4, 0.5) is 10.1 Å². The Labute approximate surface area is 115 Å². The Balaban J connectivity index is 2.13. The van der Waals surface area contributed by atoms with Gasteiger partial charge in [-0.2, -0.15) is 0 Å². The number of nitrogens with zero attached hydrogens (tertiary/aromatic N) is 2. The molecule has 1 heterocycles. The zero-order valence-electron chi connectivity index (χ0n) is 10.6. The van der Waals surface area contributed by atoms with E-state index in [2.05, 4.69) is 9.97 Å². The fraction of sp³-hybridized carbons (Fsp3) is 0. The molecule has 0 saturated carbocycles. The first kappa shape index (κ1) is 12.3. The molecule has 3 nitrogen and oxygen atoms in total. The molecule has 0 spiro atoms. The molecule has 0 aliphatic heterocycles. The Kier molecular flexibility index (Phi) is 3.13. The molecule has 0 aliphatic rings. The summed E-state index contributed by atoms with van der Waals surface area (Å²) in [6, 6.07) is 13.6. The summed E-state index contributed by atoms with van der Waals surface area (Å²) in [6.07, 6.45) is 3.26. The van der Waals surface area contributed by atoms with Gasteiger partial charge in [-0.05, 0) is 36.4 Å². The molecule has 20 heavy (non-hydrogen) atoms. The summed E-state index contributed by atoms with van der Waals surface area (Å²) >= 11 is 0. The quantitative estimate of drug-likeness (QED) is 0.721. The zero-order valence-corrected chi connectivity index (χ0v) is 10.6. The van der Waals surface area contributed by atoms with E-state index in [-0.39, 0.29) is 5.82 Å². The molecular weight excluding hydrogens is 253 g/mol. The van der Waals surface area contributed by atoms with E-state index in [0.29, 0.717) is 5.69 Å². The lowest BCUT2D eigenvalue weighted by Gasteiger charge is -2.08. The largest absolute Gasteiger partial charge is 0.399 e. The molecule has 1 aromatic heterocycles. The summed E-state index contributed by atoms with van der Waals surface area (Å²) in [5.41, 5.74) is 9.61. The van der Waals surface area contributed by atoms with Gasteiger partial charge in [0.1, 0.15) is 5.82 Å². The van der Waals surface area contributed by atoms with Crippen LogP contribution in [0.2, 0.25) is 0 Å². The van der Waals surface area contributed by atoms with Gasteiger partial charge < -0.3 is 5.73 Å². The second-order valence-electron chi connectivity index (χ2n) is 4.38. The highest BCUT2D eigenvalue weighted by Gasteiger charge is 2.09. The Hall–Kier alpha value is -2.75. The molecule has 4 heteroatoms. The molecule has 2 N–H and O–H groups in total. The smallest absolute Gasteiger partial charge is 0.123 e. The lowest BCUT2D eigenvalue weighted by molar-refractivity contribution is 0.628. The molecule has 0 aliphatic carbocycles. The van der Waals surface area contributed by atoms with Crippen LogP contribution >= 0.6 is 0 Å². The van der Waals surface area contributed by atoms with Gasteiger partial charge in [-0.15, -0.1) is 0 Å². The molecule has 0 bridgehead atoms. The lowest BCUT2D eigenvalue weighted by Crippen LogP contribution is -1.93. The summed E-state index contributed by atoms with van der Waals surface area (Å²) < 4.78 is 13.0. The first-order chi connectivity index (χ1) is 9.74. The van der Waals surface area contributed by atoms with E-state index in [4.69, 9.17) is 5.73 Å². The Bertz CT molecular complexity index is 657. The van der Waals surface area contributed by atoms with Gasteiger partial charge in [-0.25, -0.2) is 4.39 Å². The third kappa shape index (κ3) is 2.36. The number of aromatic nitrogens is 2. The number of hydrogen-bond donors (Lipinski definition) is 1. The molecule has 0 unspecified atom stereocenters. The van der Waals surface area contributed by atoms with E-state index in [1.54, 1.807) is 24.5 Å². The van der Waals surface area contributed by atoms with Crippen LogP contribution < -0.4 is 5.73 Å². The summed E-state index contributed by atoms with van der Waals surface area (Å²) in [6.45, 7) is 0. The third-order valence-corrected chi connectivity index (χ3v) is 3.00. The van der Waals surface area contributed by atoms with Gasteiger partial charge in [0.25, 0.3) is 0 Å². The van der Waals surface area contributed by atoms with E-state index in [1.807, 2.05) is 24.3 Å². The van der Waals surface area contributed by atoms with E-state index in [0.717, 1.165) is 22.5 Å². The Morgan fingerprint density at radius 3 is 1.65 bits per heavy atom. The van der Waals surface area contributed by atoms with Gasteiger partial charge in [-0.3, -0.25) is 9.97 Å². The Morgan fingerprint density at radius 2 is 1.15 bits per heavy atom. The number of benzene rings is 2. The first-order valence-electron chi connectivity index (χ1n) is 6.17. The maximum Gasteiger partial charge on any atom is 0.123 e. The van der Waals surface area contributed by atoms with Gasteiger partial charge in [0, 0.05) is 29.2 Å². The fourth-order valence-electron chi connectivity index (χ4n) is 2.01. The van der Waals surface area contributed by atoms with E-state index in [1.165, 1.54) is 12.1 Å². The number of nitrogens with two attached hydrogens (primary N) is 1. The van der Waals surface area contributed by atoms with Crippen LogP contribution in [0.25, 0.3) is 22.5 Å². The maximum atomic E-state index is 13.0. The van der Waals surface area contributed by atoms with Crippen LogP contribution in [0.5, 0.6) is 0 Å². The highest BCUT2D eigenvalue weighted by molar-refractivity contribution is 5.78. The van der Waals surface area contributed by atoms with Crippen LogP contribution in [0, 0.1) is 5.82 Å². The van der Waals surface area contributed by atoms with Gasteiger partial charge in [-0.1, -0.05) is 12.1 Å². The zero-order chi connectivity index (χ0) is 13.9. The van der Waals surface area contributed by atoms with E-state index >= 15 is 0 Å². The molecule has 0 fully saturated rings. The number of rotatable bonds is 2. The van der Waals surface area contributed by atoms with Crippen LogP contribution in [0.15, 0.2) is 60.9 Å². The molecule has 0 saturated heterocycles. The molecule has 0 amide bonds. The second-order valence-corrected chi connectivity index (χ2v) is 4.38. The maximum absolute atomic E-state index is 13.0. The van der Waals surface area contributed by atoms with Crippen LogP contribution in [-0.4, -0.2) is 9.97 Å². The third-order valence-electron chi connectivity index (χ3n) is 3.00. The minimum Gasteiger partial charge on any atom is -0.399 e. The standard InChI is InChI=1S/C16H12FN3/c17-13-5-1-11(2-6-13)15-16(20-10-9-19-15)12-3-7-14(18)8-4-12/h1-10H,18H2. The van der Waals surface area contributed by atoms with Crippen molar-refractivity contribution >= 4 is 5.69 Å². The van der Waals surface area contributed by atoms with Crippen molar-refractivity contribution in [3.63, 3.8) is 0 Å². The predicted molar refractivity (Wildman–Crippen MR) is 77.3 cm³/mol. The van der Waals surface area contributed by atoms with Gasteiger partial charge in [0.05, 0.1) is 11.4 Å². The van der Waals surface area contributed by atoms with E-state index in [9.17, 15) is 4.39 Å². The topological polar surface area (TPSA) is 51.8 Å². The SMILES string of the molecule is Nc1ccc(-c2nccnc2-c2ccc(F)cc2)cc1. The van der Waals surface area contributed by atoms with Crippen molar-refractivity contribution < 1.29 is 4.39 Å². The molecule has 2 aromatic carbocycles. The van der Waals surface area contributed by atoms with Crippen molar-refractivity contribution in [2.75, 3.05) is 5.73 Å². The highest BCUT2D eigenvalue weighted by Crippen LogP contribution is 2.28. The number of hydrogen-bond acceptors (Lipinski definition) is 3. The minimum absolute atomic E-state index is 0.272. The van der Waals surface area contributed by atoms with Crippen molar-refractivity contribution in [3.8, 4) is 22.5 Å². The van der Waals surface area contributed by atoms with Crippen molar-refractivity contribution in [2.24, 2.45) is 0 Å². The van der Waals surface area contributed by atoms with Crippen LogP contribution in [-0.2, 0) is 0 Å². The van der Waals surface area contributed by atoms with Gasteiger partial charge in [0.2, 0.25) is 0 Å². The summed E-state index contributed by atoms with van der Waals surface area (Å²) in [7, 11) is 0. The van der Waals surface area contributed by atoms with Gasteiger partial charge in [0.15, 0.2) is 0 Å². The Morgan fingerprint density at radius 1 is 0.700 bits per heavy atom. The molecular formula is C16H12FN3. The lowest BCUT2D eigenvalue weighted by atomic mass is 10.0. The fourth-order valence-corrected chi connectivity index (χ4v) is 2.01. The minimum atomic E-state index is -0.272. The number of nitrogen functional groups attached to an aromatic ring is 1. The number of halogens is 1. The first-order valence-corrected chi connectivity index (χ1v) is 6.17. The highest BCUT2D eigenvalue weighted by atomic mass is 19.1. The monoisotopic (exact) mass is 265 g/mol. The summed E-state index contributed by atoms with van der Waals surface area (Å²) in [5.74, 6) is -0.272. The summed E-state index contributed by atoms with van der Waals surface area (Å²) in [5, 5.41) is 0. The predicted octanol–water partition coefficient (Wildman–Crippen LogP) is 3.53. The van der Waals surface area contributed by atoms with Crippen molar-refractivity contribution in [1.29, 1.82) is 0 Å². The molecule has 3 rings (SSSR count). The molecule has 98 valence electrons. The van der Waals surface area contributed by atoms with E-state index < -0.39 is 0 Å². The summed E-state index contributed by atoms with van der Waals surface area (Å²) in [4.78, 5) is 8.74.